The minimum absolute atomic E-state index is 0.758. The summed E-state index contributed by atoms with van der Waals surface area (Å²) in [6.45, 7) is 0.931. The summed E-state index contributed by atoms with van der Waals surface area (Å²) in [5.74, 6) is 1.92. The van der Waals surface area contributed by atoms with Gasteiger partial charge in [-0.15, -0.1) is 0 Å². The van der Waals surface area contributed by atoms with Crippen LogP contribution in [0.25, 0.3) is 5.69 Å². The van der Waals surface area contributed by atoms with Gasteiger partial charge in [0.2, 0.25) is 0 Å². The van der Waals surface area contributed by atoms with Gasteiger partial charge in [0.1, 0.15) is 5.82 Å². The van der Waals surface area contributed by atoms with Crippen molar-refractivity contribution in [2.75, 3.05) is 5.32 Å². The number of H-pyrrole nitrogens is 1. The predicted molar refractivity (Wildman–Crippen MR) is 73.3 cm³/mol. The number of aromatic nitrogens is 2. The van der Waals surface area contributed by atoms with E-state index >= 15 is 0 Å². The molecule has 0 atom stereocenters. The molecule has 3 nitrogen and oxygen atoms in total. The van der Waals surface area contributed by atoms with E-state index in [9.17, 15) is 0 Å². The van der Waals surface area contributed by atoms with Crippen LogP contribution >= 0.6 is 0 Å². The fourth-order valence-corrected chi connectivity index (χ4v) is 3.51. The van der Waals surface area contributed by atoms with E-state index in [4.69, 9.17) is 0 Å². The Morgan fingerprint density at radius 2 is 1.94 bits per heavy atom. The van der Waals surface area contributed by atoms with Gasteiger partial charge >= 0.3 is 0 Å². The highest BCUT2D eigenvalue weighted by Gasteiger charge is 2.24. The van der Waals surface area contributed by atoms with Gasteiger partial charge in [-0.1, -0.05) is 19.3 Å². The summed E-state index contributed by atoms with van der Waals surface area (Å²) < 4.78 is 2.47. The summed E-state index contributed by atoms with van der Waals surface area (Å²) in [7, 11) is 0. The molecule has 0 aromatic carbocycles. The highest BCUT2D eigenvalue weighted by molar-refractivity contribution is 5.61. The molecule has 0 saturated heterocycles. The molecule has 1 aliphatic heterocycles. The maximum absolute atomic E-state index is 3.44. The van der Waals surface area contributed by atoms with E-state index in [1.165, 1.54) is 49.2 Å². The van der Waals surface area contributed by atoms with Gasteiger partial charge in [0.05, 0.1) is 12.2 Å². The van der Waals surface area contributed by atoms with Gasteiger partial charge in [-0.3, -0.25) is 0 Å². The summed E-state index contributed by atoms with van der Waals surface area (Å²) >= 11 is 0. The lowest BCUT2D eigenvalue weighted by Crippen LogP contribution is -2.17. The SMILES string of the molecule is c1cc2c([nH]1)NCc1ccc(C3CCCCC3)n1-2. The van der Waals surface area contributed by atoms with E-state index in [1.807, 2.05) is 6.20 Å². The van der Waals surface area contributed by atoms with E-state index < -0.39 is 0 Å². The normalized spacial score (nSPS) is 19.1. The summed E-state index contributed by atoms with van der Waals surface area (Å²) in [6, 6.07) is 6.80. The Labute approximate surface area is 107 Å². The van der Waals surface area contributed by atoms with Gasteiger partial charge in [0.15, 0.2) is 0 Å². The molecule has 2 aromatic rings. The smallest absolute Gasteiger partial charge is 0.128 e. The third-order valence-electron chi connectivity index (χ3n) is 4.43. The van der Waals surface area contributed by atoms with Crippen molar-refractivity contribution < 1.29 is 0 Å². The first-order valence-electron chi connectivity index (χ1n) is 7.05. The molecule has 18 heavy (non-hydrogen) atoms. The largest absolute Gasteiger partial charge is 0.364 e. The molecular weight excluding hydrogens is 222 g/mol. The Kier molecular flexibility index (Phi) is 2.25. The van der Waals surface area contributed by atoms with Crippen LogP contribution in [0.4, 0.5) is 5.82 Å². The number of hydrogen-bond donors (Lipinski definition) is 2. The lowest BCUT2D eigenvalue weighted by atomic mass is 9.87. The van der Waals surface area contributed by atoms with E-state index in [2.05, 4.69) is 33.1 Å². The average Bonchev–Trinajstić information content (AvgIpc) is 3.05. The highest BCUT2D eigenvalue weighted by Crippen LogP contribution is 2.37. The van der Waals surface area contributed by atoms with Gasteiger partial charge in [0, 0.05) is 17.6 Å². The number of hydrogen-bond acceptors (Lipinski definition) is 1. The van der Waals surface area contributed by atoms with Gasteiger partial charge < -0.3 is 14.9 Å². The average molecular weight is 241 g/mol. The van der Waals surface area contributed by atoms with Gasteiger partial charge in [-0.05, 0) is 37.0 Å². The molecule has 3 heteroatoms. The maximum Gasteiger partial charge on any atom is 0.128 e. The van der Waals surface area contributed by atoms with Crippen LogP contribution in [-0.2, 0) is 6.54 Å². The molecule has 0 bridgehead atoms. The number of anilines is 1. The number of nitrogens with one attached hydrogen (secondary N) is 2. The van der Waals surface area contributed by atoms with Crippen molar-refractivity contribution in [3.63, 3.8) is 0 Å². The number of rotatable bonds is 1. The lowest BCUT2D eigenvalue weighted by molar-refractivity contribution is 0.432. The first kappa shape index (κ1) is 10.3. The van der Waals surface area contributed by atoms with Crippen molar-refractivity contribution in [3.8, 4) is 5.69 Å². The maximum atomic E-state index is 3.44. The Bertz CT molecular complexity index is 558. The molecule has 0 unspecified atom stereocenters. The van der Waals surface area contributed by atoms with Crippen LogP contribution in [0.15, 0.2) is 24.4 Å². The molecule has 1 saturated carbocycles. The molecule has 3 heterocycles. The number of aromatic amines is 1. The Balaban J connectivity index is 1.81. The van der Waals surface area contributed by atoms with Crippen molar-refractivity contribution in [1.82, 2.24) is 9.55 Å². The van der Waals surface area contributed by atoms with E-state index in [0.717, 1.165) is 18.3 Å². The van der Waals surface area contributed by atoms with Gasteiger partial charge in [0.25, 0.3) is 0 Å². The van der Waals surface area contributed by atoms with E-state index in [0.29, 0.717) is 0 Å². The second kappa shape index (κ2) is 3.94. The second-order valence-corrected chi connectivity index (χ2v) is 5.51. The quantitative estimate of drug-likeness (QED) is 0.782. The molecule has 94 valence electrons. The molecule has 0 spiro atoms. The van der Waals surface area contributed by atoms with Crippen LogP contribution in [-0.4, -0.2) is 9.55 Å². The summed E-state index contributed by atoms with van der Waals surface area (Å²) in [5.41, 5.74) is 4.21. The van der Waals surface area contributed by atoms with Crippen molar-refractivity contribution in [2.24, 2.45) is 0 Å². The molecule has 1 fully saturated rings. The van der Waals surface area contributed by atoms with Crippen molar-refractivity contribution in [1.29, 1.82) is 0 Å². The molecule has 2 aliphatic rings. The molecule has 2 aromatic heterocycles. The van der Waals surface area contributed by atoms with Gasteiger partial charge in [-0.25, -0.2) is 0 Å². The zero-order valence-electron chi connectivity index (χ0n) is 10.6. The third kappa shape index (κ3) is 1.43. The van der Waals surface area contributed by atoms with Crippen LogP contribution in [0, 0.1) is 0 Å². The second-order valence-electron chi connectivity index (χ2n) is 5.51. The Hall–Kier alpha value is -1.64. The van der Waals surface area contributed by atoms with Crippen LogP contribution in [0.5, 0.6) is 0 Å². The van der Waals surface area contributed by atoms with Crippen LogP contribution in [0.1, 0.15) is 49.4 Å². The standard InChI is InChI=1S/C15H19N3/c1-2-4-11(5-3-1)13-7-6-12-10-17-15-14(18(12)13)8-9-16-15/h6-9,11,16-17H,1-5,10H2. The first-order valence-corrected chi connectivity index (χ1v) is 7.05. The van der Waals surface area contributed by atoms with E-state index in [-0.39, 0.29) is 0 Å². The summed E-state index contributed by atoms with van der Waals surface area (Å²) in [5, 5.41) is 3.44. The fraction of sp³-hybridized carbons (Fsp3) is 0.467. The van der Waals surface area contributed by atoms with Gasteiger partial charge in [-0.2, -0.15) is 0 Å². The van der Waals surface area contributed by atoms with Crippen LogP contribution in [0.3, 0.4) is 0 Å². The first-order chi connectivity index (χ1) is 8.93. The fourth-order valence-electron chi connectivity index (χ4n) is 3.51. The zero-order valence-corrected chi connectivity index (χ0v) is 10.6. The minimum atomic E-state index is 0.758. The molecule has 4 rings (SSSR count). The summed E-state index contributed by atoms with van der Waals surface area (Å²) in [4.78, 5) is 3.29. The van der Waals surface area contributed by atoms with Crippen molar-refractivity contribution in [3.05, 3.63) is 35.8 Å². The van der Waals surface area contributed by atoms with E-state index in [1.54, 1.807) is 0 Å². The van der Waals surface area contributed by atoms with Crippen molar-refractivity contribution >= 4 is 5.82 Å². The zero-order chi connectivity index (χ0) is 11.9. The van der Waals surface area contributed by atoms with Crippen LogP contribution in [0.2, 0.25) is 0 Å². The lowest BCUT2D eigenvalue weighted by Gasteiger charge is -2.26. The molecule has 2 N–H and O–H groups in total. The number of fused-ring (bicyclic) bond motifs is 3. The Morgan fingerprint density at radius 3 is 2.83 bits per heavy atom. The molecule has 0 radical (unpaired) electrons. The summed E-state index contributed by atoms with van der Waals surface area (Å²) in [6.07, 6.45) is 8.94. The Morgan fingerprint density at radius 1 is 1.06 bits per heavy atom. The molecule has 0 amide bonds. The molecule has 1 aliphatic carbocycles. The topological polar surface area (TPSA) is 32.8 Å². The third-order valence-corrected chi connectivity index (χ3v) is 4.43. The minimum Gasteiger partial charge on any atom is -0.364 e. The van der Waals surface area contributed by atoms with Crippen LogP contribution < -0.4 is 5.32 Å². The predicted octanol–water partition coefficient (Wildman–Crippen LogP) is 3.78. The monoisotopic (exact) mass is 241 g/mol. The highest BCUT2D eigenvalue weighted by atomic mass is 15.1. The molecular formula is C15H19N3. The van der Waals surface area contributed by atoms with Crippen molar-refractivity contribution in [2.45, 2.75) is 44.6 Å². The number of nitrogens with zero attached hydrogens (tertiary/aromatic N) is 1.